The van der Waals surface area contributed by atoms with E-state index in [4.69, 9.17) is 4.74 Å². The molecule has 0 unspecified atom stereocenters. The summed E-state index contributed by atoms with van der Waals surface area (Å²) in [7, 11) is 0. The molecule has 0 saturated carbocycles. The summed E-state index contributed by atoms with van der Waals surface area (Å²) in [5.74, 6) is 0.321. The van der Waals surface area contributed by atoms with Crippen molar-refractivity contribution >= 4 is 5.97 Å². The Morgan fingerprint density at radius 2 is 1.52 bits per heavy atom. The second kappa shape index (κ2) is 6.55. The number of ether oxygens (including phenoxy) is 1. The molecule has 0 aliphatic heterocycles. The van der Waals surface area contributed by atoms with E-state index in [2.05, 4.69) is 4.98 Å². The van der Waals surface area contributed by atoms with Gasteiger partial charge in [0.05, 0.1) is 5.69 Å². The predicted octanol–water partition coefficient (Wildman–Crippen LogP) is 4.80. The van der Waals surface area contributed by atoms with Gasteiger partial charge in [0, 0.05) is 11.3 Å². The highest BCUT2D eigenvalue weighted by atomic mass is 16.6. The molecule has 1 heterocycles. The van der Waals surface area contributed by atoms with Gasteiger partial charge in [-0.1, -0.05) is 48.5 Å². The zero-order chi connectivity index (χ0) is 18.0. The molecule has 0 spiro atoms. The molecule has 0 saturated heterocycles. The Kier molecular flexibility index (Phi) is 4.45. The maximum absolute atomic E-state index is 12.6. The molecule has 0 N–H and O–H groups in total. The number of esters is 1. The first-order chi connectivity index (χ1) is 11.9. The quantitative estimate of drug-likeness (QED) is 0.646. The molecule has 0 aliphatic rings. The second-order valence-corrected chi connectivity index (χ2v) is 6.91. The first-order valence-electron chi connectivity index (χ1n) is 8.30. The fourth-order valence-electron chi connectivity index (χ4n) is 2.70. The maximum atomic E-state index is 12.6. The normalized spacial score (nSPS) is 11.4. The van der Waals surface area contributed by atoms with Crippen LogP contribution in [-0.4, -0.2) is 21.1 Å². The summed E-state index contributed by atoms with van der Waals surface area (Å²) in [4.78, 5) is 17.2. The van der Waals surface area contributed by atoms with Crippen LogP contribution in [0.2, 0.25) is 0 Å². The van der Waals surface area contributed by atoms with Crippen molar-refractivity contribution < 1.29 is 9.53 Å². The van der Waals surface area contributed by atoms with Gasteiger partial charge < -0.3 is 4.74 Å². The van der Waals surface area contributed by atoms with Crippen molar-refractivity contribution in [3.8, 4) is 17.1 Å². The summed E-state index contributed by atoms with van der Waals surface area (Å²) in [5.41, 5.74) is 2.45. The lowest BCUT2D eigenvalue weighted by Gasteiger charge is -2.18. The van der Waals surface area contributed by atoms with Gasteiger partial charge in [-0.15, -0.1) is 0 Å². The first kappa shape index (κ1) is 17.0. The topological polar surface area (TPSA) is 44.1 Å². The van der Waals surface area contributed by atoms with E-state index < -0.39 is 11.6 Å². The molecular weight excluding hydrogens is 312 g/mol. The number of hydrogen-bond donors (Lipinski definition) is 0. The number of para-hydroxylation sites is 1. The Labute approximate surface area is 148 Å². The van der Waals surface area contributed by atoms with Crippen molar-refractivity contribution in [2.24, 2.45) is 0 Å². The van der Waals surface area contributed by atoms with Crippen LogP contribution < -0.4 is 0 Å². The van der Waals surface area contributed by atoms with Crippen LogP contribution in [0.4, 0.5) is 0 Å². The van der Waals surface area contributed by atoms with Crippen molar-refractivity contribution in [2.75, 3.05) is 0 Å². The van der Waals surface area contributed by atoms with Crippen LogP contribution in [0.25, 0.3) is 17.1 Å². The molecule has 0 bridgehead atoms. The van der Waals surface area contributed by atoms with Gasteiger partial charge in [-0.3, -0.25) is 4.57 Å². The highest BCUT2D eigenvalue weighted by Crippen LogP contribution is 2.27. The fourth-order valence-corrected chi connectivity index (χ4v) is 2.70. The summed E-state index contributed by atoms with van der Waals surface area (Å²) >= 11 is 0. The Balaban J connectivity index is 2.17. The SMILES string of the molecule is Cc1c(C(=O)OC(C)(C)C)nc(-c2ccccc2)n1-c1ccccc1. The Morgan fingerprint density at radius 3 is 2.08 bits per heavy atom. The number of nitrogens with zero attached hydrogens (tertiary/aromatic N) is 2. The van der Waals surface area contributed by atoms with E-state index in [1.54, 1.807) is 0 Å². The summed E-state index contributed by atoms with van der Waals surface area (Å²) in [6.07, 6.45) is 0. The standard InChI is InChI=1S/C21H22N2O2/c1-15-18(20(24)25-21(2,3)4)22-19(16-11-7-5-8-12-16)23(15)17-13-9-6-10-14-17/h5-14H,1-4H3. The number of rotatable bonds is 3. The Morgan fingerprint density at radius 1 is 0.960 bits per heavy atom. The average molecular weight is 334 g/mol. The summed E-state index contributed by atoms with van der Waals surface area (Å²) < 4.78 is 7.52. The zero-order valence-corrected chi connectivity index (χ0v) is 15.0. The zero-order valence-electron chi connectivity index (χ0n) is 15.0. The molecule has 3 aromatic rings. The van der Waals surface area contributed by atoms with Crippen molar-refractivity contribution in [2.45, 2.75) is 33.3 Å². The highest BCUT2D eigenvalue weighted by Gasteiger charge is 2.25. The van der Waals surface area contributed by atoms with Crippen LogP contribution in [0, 0.1) is 6.92 Å². The molecule has 0 aliphatic carbocycles. The predicted molar refractivity (Wildman–Crippen MR) is 98.9 cm³/mol. The third-order valence-corrected chi connectivity index (χ3v) is 3.75. The molecular formula is C21H22N2O2. The molecule has 25 heavy (non-hydrogen) atoms. The van der Waals surface area contributed by atoms with Crippen LogP contribution in [0.3, 0.4) is 0 Å². The minimum atomic E-state index is -0.563. The van der Waals surface area contributed by atoms with Crippen molar-refractivity contribution in [3.05, 3.63) is 72.1 Å². The van der Waals surface area contributed by atoms with E-state index >= 15 is 0 Å². The third kappa shape index (κ3) is 3.63. The minimum Gasteiger partial charge on any atom is -0.455 e. The van der Waals surface area contributed by atoms with Crippen molar-refractivity contribution in [3.63, 3.8) is 0 Å². The van der Waals surface area contributed by atoms with Gasteiger partial charge in [-0.25, -0.2) is 9.78 Å². The molecule has 3 rings (SSSR count). The molecule has 4 nitrogen and oxygen atoms in total. The largest absolute Gasteiger partial charge is 0.455 e. The Hall–Kier alpha value is -2.88. The molecule has 4 heteroatoms. The lowest BCUT2D eigenvalue weighted by Crippen LogP contribution is -2.24. The van der Waals surface area contributed by atoms with E-state index in [1.165, 1.54) is 0 Å². The van der Waals surface area contributed by atoms with E-state index in [-0.39, 0.29) is 0 Å². The van der Waals surface area contributed by atoms with Crippen LogP contribution in [0.15, 0.2) is 60.7 Å². The monoisotopic (exact) mass is 334 g/mol. The number of aromatic nitrogens is 2. The lowest BCUT2D eigenvalue weighted by atomic mass is 10.2. The van der Waals surface area contributed by atoms with E-state index in [9.17, 15) is 4.79 Å². The number of imidazole rings is 1. The maximum Gasteiger partial charge on any atom is 0.359 e. The van der Waals surface area contributed by atoms with Crippen LogP contribution in [0.5, 0.6) is 0 Å². The van der Waals surface area contributed by atoms with Crippen LogP contribution in [-0.2, 0) is 4.74 Å². The lowest BCUT2D eigenvalue weighted by molar-refractivity contribution is 0.00626. The number of carbonyl (C=O) groups is 1. The first-order valence-corrected chi connectivity index (χ1v) is 8.30. The molecule has 2 aromatic carbocycles. The molecule has 1 aromatic heterocycles. The molecule has 0 radical (unpaired) electrons. The number of carbonyl (C=O) groups excluding carboxylic acids is 1. The smallest absolute Gasteiger partial charge is 0.359 e. The molecule has 0 fully saturated rings. The van der Waals surface area contributed by atoms with E-state index in [0.717, 1.165) is 22.8 Å². The molecule has 0 amide bonds. The van der Waals surface area contributed by atoms with Gasteiger partial charge in [0.25, 0.3) is 0 Å². The second-order valence-electron chi connectivity index (χ2n) is 6.91. The van der Waals surface area contributed by atoms with Gasteiger partial charge in [0.15, 0.2) is 5.69 Å². The van der Waals surface area contributed by atoms with E-state index in [0.29, 0.717) is 5.69 Å². The average Bonchev–Trinajstić information content (AvgIpc) is 2.92. The van der Waals surface area contributed by atoms with Gasteiger partial charge in [-0.05, 0) is 39.8 Å². The van der Waals surface area contributed by atoms with Gasteiger partial charge in [0.1, 0.15) is 11.4 Å². The summed E-state index contributed by atoms with van der Waals surface area (Å²) in [5, 5.41) is 0. The minimum absolute atomic E-state index is 0.345. The third-order valence-electron chi connectivity index (χ3n) is 3.75. The van der Waals surface area contributed by atoms with Crippen molar-refractivity contribution in [1.82, 2.24) is 9.55 Å². The molecule has 128 valence electrons. The molecule has 0 atom stereocenters. The van der Waals surface area contributed by atoms with E-state index in [1.807, 2.05) is 92.9 Å². The fraction of sp³-hybridized carbons (Fsp3) is 0.238. The number of benzene rings is 2. The highest BCUT2D eigenvalue weighted by molar-refractivity contribution is 5.90. The van der Waals surface area contributed by atoms with Gasteiger partial charge in [0.2, 0.25) is 0 Å². The van der Waals surface area contributed by atoms with Gasteiger partial charge in [-0.2, -0.15) is 0 Å². The van der Waals surface area contributed by atoms with Crippen LogP contribution in [0.1, 0.15) is 37.0 Å². The summed E-state index contributed by atoms with van der Waals surface area (Å²) in [6.45, 7) is 7.46. The van der Waals surface area contributed by atoms with Crippen LogP contribution >= 0.6 is 0 Å². The van der Waals surface area contributed by atoms with Crippen molar-refractivity contribution in [1.29, 1.82) is 0 Å². The van der Waals surface area contributed by atoms with Gasteiger partial charge >= 0.3 is 5.97 Å². The summed E-state index contributed by atoms with van der Waals surface area (Å²) in [6, 6.07) is 19.8. The number of hydrogen-bond acceptors (Lipinski definition) is 3. The Bertz CT molecular complexity index is 876.